The summed E-state index contributed by atoms with van der Waals surface area (Å²) in [6.45, 7) is 10.2. The molecule has 2 N–H and O–H groups in total. The maximum absolute atomic E-state index is 11.8. The van der Waals surface area contributed by atoms with E-state index in [0.717, 1.165) is 32.7 Å². The molecule has 118 valence electrons. The van der Waals surface area contributed by atoms with Crippen molar-refractivity contribution in [3.05, 3.63) is 16.8 Å². The summed E-state index contributed by atoms with van der Waals surface area (Å²) in [6.07, 6.45) is 1.33. The molecule has 0 aromatic carbocycles. The van der Waals surface area contributed by atoms with E-state index in [1.54, 1.807) is 0 Å². The van der Waals surface area contributed by atoms with Crippen molar-refractivity contribution in [2.24, 2.45) is 0 Å². The van der Waals surface area contributed by atoms with Crippen molar-refractivity contribution in [1.29, 1.82) is 0 Å². The van der Waals surface area contributed by atoms with Crippen LogP contribution in [0.15, 0.2) is 11.1 Å². The Hall–Kier alpha value is -1.67. The van der Waals surface area contributed by atoms with Crippen LogP contribution in [0.25, 0.3) is 0 Å². The molecule has 1 amide bonds. The van der Waals surface area contributed by atoms with Crippen molar-refractivity contribution in [2.75, 3.05) is 39.3 Å². The standard InChI is InChI=1S/C13H24N6O2/c1-3-17-4-6-18(7-5-17)11(2)8-14-12(20)9-19-10-15-16-13(19)21/h10-11H,3-9H2,1-2H3,(H,14,20)(H,16,21). The highest BCUT2D eigenvalue weighted by atomic mass is 16.2. The molecule has 1 aromatic rings. The first kappa shape index (κ1) is 15.7. The van der Waals surface area contributed by atoms with Crippen LogP contribution in [0.1, 0.15) is 13.8 Å². The van der Waals surface area contributed by atoms with Crippen LogP contribution in [0.5, 0.6) is 0 Å². The van der Waals surface area contributed by atoms with Gasteiger partial charge in [-0.3, -0.25) is 14.3 Å². The van der Waals surface area contributed by atoms with E-state index in [1.165, 1.54) is 10.9 Å². The van der Waals surface area contributed by atoms with Crippen molar-refractivity contribution in [1.82, 2.24) is 29.9 Å². The first-order valence-electron chi connectivity index (χ1n) is 7.43. The number of carbonyl (C=O) groups excluding carboxylic acids is 1. The molecule has 21 heavy (non-hydrogen) atoms. The average molecular weight is 296 g/mol. The van der Waals surface area contributed by atoms with Gasteiger partial charge in [-0.2, -0.15) is 5.10 Å². The lowest BCUT2D eigenvalue weighted by atomic mass is 10.2. The monoisotopic (exact) mass is 296 g/mol. The summed E-state index contributed by atoms with van der Waals surface area (Å²) in [5.41, 5.74) is -0.367. The summed E-state index contributed by atoms with van der Waals surface area (Å²) in [4.78, 5) is 27.9. The fourth-order valence-corrected chi connectivity index (χ4v) is 2.50. The van der Waals surface area contributed by atoms with Gasteiger partial charge in [0.1, 0.15) is 12.9 Å². The molecule has 1 saturated heterocycles. The van der Waals surface area contributed by atoms with Gasteiger partial charge in [0.25, 0.3) is 0 Å². The number of hydrogen-bond acceptors (Lipinski definition) is 5. The molecule has 0 radical (unpaired) electrons. The van der Waals surface area contributed by atoms with E-state index in [-0.39, 0.29) is 18.1 Å². The predicted octanol–water partition coefficient (Wildman–Crippen LogP) is -1.29. The summed E-state index contributed by atoms with van der Waals surface area (Å²) >= 11 is 0. The highest BCUT2D eigenvalue weighted by molar-refractivity contribution is 5.75. The number of H-pyrrole nitrogens is 1. The third-order valence-electron chi connectivity index (χ3n) is 4.00. The Morgan fingerprint density at radius 1 is 1.43 bits per heavy atom. The van der Waals surface area contributed by atoms with Crippen LogP contribution in [0, 0.1) is 0 Å². The number of aromatic amines is 1. The van der Waals surface area contributed by atoms with E-state index in [9.17, 15) is 9.59 Å². The molecule has 2 heterocycles. The van der Waals surface area contributed by atoms with E-state index >= 15 is 0 Å². The molecule has 0 bridgehead atoms. The van der Waals surface area contributed by atoms with Crippen LogP contribution in [-0.2, 0) is 11.3 Å². The number of nitrogens with one attached hydrogen (secondary N) is 2. The predicted molar refractivity (Wildman–Crippen MR) is 79.0 cm³/mol. The largest absolute Gasteiger partial charge is 0.353 e. The molecule has 1 unspecified atom stereocenters. The molecule has 0 aliphatic carbocycles. The third-order valence-corrected chi connectivity index (χ3v) is 4.00. The molecular weight excluding hydrogens is 272 g/mol. The molecule has 1 atom stereocenters. The molecular formula is C13H24N6O2. The maximum Gasteiger partial charge on any atom is 0.343 e. The second-order valence-electron chi connectivity index (χ2n) is 5.41. The van der Waals surface area contributed by atoms with Gasteiger partial charge in [0.2, 0.25) is 5.91 Å². The lowest BCUT2D eigenvalue weighted by Gasteiger charge is -2.37. The normalized spacial score (nSPS) is 18.6. The molecule has 8 nitrogen and oxygen atoms in total. The first-order valence-corrected chi connectivity index (χ1v) is 7.43. The Bertz CT molecular complexity index is 503. The van der Waals surface area contributed by atoms with Crippen LogP contribution in [0.3, 0.4) is 0 Å². The summed E-state index contributed by atoms with van der Waals surface area (Å²) < 4.78 is 1.25. The number of piperazine rings is 1. The third kappa shape index (κ3) is 4.40. The van der Waals surface area contributed by atoms with Crippen LogP contribution in [0.2, 0.25) is 0 Å². The molecule has 1 fully saturated rings. The summed E-state index contributed by atoms with van der Waals surface area (Å²) in [7, 11) is 0. The van der Waals surface area contributed by atoms with E-state index in [2.05, 4.69) is 39.2 Å². The Kier molecular flexibility index (Phi) is 5.51. The molecule has 8 heteroatoms. The molecule has 1 aromatic heterocycles. The van der Waals surface area contributed by atoms with Gasteiger partial charge in [0.05, 0.1) is 0 Å². The summed E-state index contributed by atoms with van der Waals surface area (Å²) in [5, 5.41) is 8.73. The number of rotatable bonds is 6. The van der Waals surface area contributed by atoms with Gasteiger partial charge >= 0.3 is 5.69 Å². The van der Waals surface area contributed by atoms with E-state index in [1.807, 2.05) is 0 Å². The first-order chi connectivity index (χ1) is 10.1. The van der Waals surface area contributed by atoms with Gasteiger partial charge < -0.3 is 10.2 Å². The number of amides is 1. The fraction of sp³-hybridized carbons (Fsp3) is 0.769. The Morgan fingerprint density at radius 3 is 2.71 bits per heavy atom. The number of nitrogens with zero attached hydrogens (tertiary/aromatic N) is 4. The second kappa shape index (κ2) is 7.37. The number of likely N-dealkylation sites (N-methyl/N-ethyl adjacent to an activating group) is 1. The zero-order valence-corrected chi connectivity index (χ0v) is 12.7. The van der Waals surface area contributed by atoms with Gasteiger partial charge in [0, 0.05) is 38.8 Å². The molecule has 1 aliphatic heterocycles. The van der Waals surface area contributed by atoms with Gasteiger partial charge in [-0.05, 0) is 13.5 Å². The van der Waals surface area contributed by atoms with Crippen LogP contribution in [0.4, 0.5) is 0 Å². The number of hydrogen-bond donors (Lipinski definition) is 2. The fourth-order valence-electron chi connectivity index (χ4n) is 2.50. The molecule has 0 saturated carbocycles. The van der Waals surface area contributed by atoms with Gasteiger partial charge in [0.15, 0.2) is 0 Å². The maximum atomic E-state index is 11.8. The van der Waals surface area contributed by atoms with Crippen LogP contribution >= 0.6 is 0 Å². The molecule has 0 spiro atoms. The van der Waals surface area contributed by atoms with E-state index in [4.69, 9.17) is 0 Å². The average Bonchev–Trinajstić information content (AvgIpc) is 2.90. The zero-order valence-electron chi connectivity index (χ0n) is 12.7. The molecule has 1 aliphatic rings. The molecule has 2 rings (SSSR count). The smallest absolute Gasteiger partial charge is 0.343 e. The Morgan fingerprint density at radius 2 is 2.14 bits per heavy atom. The van der Waals surface area contributed by atoms with E-state index < -0.39 is 0 Å². The summed E-state index contributed by atoms with van der Waals surface area (Å²) in [6, 6.07) is 0.300. The van der Waals surface area contributed by atoms with Gasteiger partial charge in [-0.15, -0.1) is 0 Å². The summed E-state index contributed by atoms with van der Waals surface area (Å²) in [5.74, 6) is -0.169. The quantitative estimate of drug-likeness (QED) is 0.682. The van der Waals surface area contributed by atoms with Crippen molar-refractivity contribution in [3.8, 4) is 0 Å². The van der Waals surface area contributed by atoms with E-state index in [0.29, 0.717) is 12.6 Å². The lowest BCUT2D eigenvalue weighted by molar-refractivity contribution is -0.122. The number of aromatic nitrogens is 3. The van der Waals surface area contributed by atoms with Gasteiger partial charge in [-0.1, -0.05) is 6.92 Å². The minimum absolute atomic E-state index is 0.00562. The minimum Gasteiger partial charge on any atom is -0.353 e. The minimum atomic E-state index is -0.367. The Labute approximate surface area is 124 Å². The zero-order chi connectivity index (χ0) is 15.2. The van der Waals surface area contributed by atoms with Crippen LogP contribution < -0.4 is 11.0 Å². The van der Waals surface area contributed by atoms with Crippen molar-refractivity contribution < 1.29 is 4.79 Å². The highest BCUT2D eigenvalue weighted by Crippen LogP contribution is 2.05. The van der Waals surface area contributed by atoms with Crippen molar-refractivity contribution in [3.63, 3.8) is 0 Å². The number of carbonyl (C=O) groups is 1. The topological polar surface area (TPSA) is 86.3 Å². The van der Waals surface area contributed by atoms with Crippen molar-refractivity contribution in [2.45, 2.75) is 26.4 Å². The van der Waals surface area contributed by atoms with Gasteiger partial charge in [-0.25, -0.2) is 9.89 Å². The van der Waals surface area contributed by atoms with Crippen LogP contribution in [-0.4, -0.2) is 75.8 Å². The second-order valence-corrected chi connectivity index (χ2v) is 5.41. The lowest BCUT2D eigenvalue weighted by Crippen LogP contribution is -2.52. The highest BCUT2D eigenvalue weighted by Gasteiger charge is 2.20. The Balaban J connectivity index is 1.71. The van der Waals surface area contributed by atoms with Crippen molar-refractivity contribution >= 4 is 5.91 Å². The SMILES string of the molecule is CCN1CCN(C(C)CNC(=O)Cn2cn[nH]c2=O)CC1.